The largest absolute Gasteiger partial charge is 0.378 e. The molecule has 0 radical (unpaired) electrons. The average Bonchev–Trinajstić information content (AvgIpc) is 2.44. The number of hydrogen-bond donors (Lipinski definition) is 1. The summed E-state index contributed by atoms with van der Waals surface area (Å²) in [5.74, 6) is -0.661. The monoisotopic (exact) mass is 350 g/mol. The molecule has 0 heterocycles. The van der Waals surface area contributed by atoms with Gasteiger partial charge in [-0.05, 0) is 48.9 Å². The molecule has 21 heavy (non-hydrogen) atoms. The second-order valence-corrected chi connectivity index (χ2v) is 5.81. The number of hydrogen-bond acceptors (Lipinski definition) is 2. The van der Waals surface area contributed by atoms with Crippen LogP contribution in [0.1, 0.15) is 15.9 Å². The van der Waals surface area contributed by atoms with E-state index in [9.17, 15) is 9.18 Å². The molecule has 0 bridgehead atoms. The normalized spacial score (nSPS) is 10.3. The molecule has 0 saturated carbocycles. The lowest BCUT2D eigenvalue weighted by Crippen LogP contribution is -2.14. The van der Waals surface area contributed by atoms with Gasteiger partial charge in [0.15, 0.2) is 0 Å². The maximum absolute atomic E-state index is 13.4. The van der Waals surface area contributed by atoms with Gasteiger partial charge >= 0.3 is 0 Å². The van der Waals surface area contributed by atoms with Crippen LogP contribution in [0.5, 0.6) is 0 Å². The number of nitrogens with zero attached hydrogens (tertiary/aromatic N) is 1. The van der Waals surface area contributed by atoms with E-state index < -0.39 is 5.82 Å². The predicted molar refractivity (Wildman–Crippen MR) is 87.6 cm³/mol. The fourth-order valence-corrected chi connectivity index (χ4v) is 2.31. The minimum absolute atomic E-state index is 0.263. The first-order chi connectivity index (χ1) is 9.88. The average molecular weight is 351 g/mol. The van der Waals surface area contributed by atoms with E-state index in [1.807, 2.05) is 38.1 Å². The summed E-state index contributed by atoms with van der Waals surface area (Å²) in [4.78, 5) is 14.2. The van der Waals surface area contributed by atoms with Gasteiger partial charge in [0.1, 0.15) is 5.82 Å². The quantitative estimate of drug-likeness (QED) is 0.898. The Morgan fingerprint density at radius 1 is 1.19 bits per heavy atom. The first kappa shape index (κ1) is 15.5. The van der Waals surface area contributed by atoms with E-state index in [4.69, 9.17) is 0 Å². The van der Waals surface area contributed by atoms with Gasteiger partial charge in [0, 0.05) is 35.5 Å². The molecule has 5 heteroatoms. The molecule has 2 rings (SSSR count). The van der Waals surface area contributed by atoms with Gasteiger partial charge in [-0.3, -0.25) is 4.79 Å². The molecule has 1 amide bonds. The van der Waals surface area contributed by atoms with Crippen LogP contribution < -0.4 is 10.2 Å². The van der Waals surface area contributed by atoms with Gasteiger partial charge in [0.2, 0.25) is 0 Å². The van der Waals surface area contributed by atoms with Crippen molar-refractivity contribution in [3.8, 4) is 0 Å². The zero-order chi connectivity index (χ0) is 15.6. The van der Waals surface area contributed by atoms with E-state index >= 15 is 0 Å². The van der Waals surface area contributed by atoms with Crippen LogP contribution in [0.15, 0.2) is 40.9 Å². The molecule has 0 saturated heterocycles. The van der Waals surface area contributed by atoms with E-state index in [0.29, 0.717) is 15.7 Å². The topological polar surface area (TPSA) is 32.3 Å². The van der Waals surface area contributed by atoms with E-state index in [0.717, 1.165) is 11.3 Å². The van der Waals surface area contributed by atoms with Gasteiger partial charge in [0.25, 0.3) is 5.91 Å². The summed E-state index contributed by atoms with van der Waals surface area (Å²) in [5.41, 5.74) is 2.79. The molecule has 0 aliphatic rings. The van der Waals surface area contributed by atoms with Crippen molar-refractivity contribution in [1.82, 2.24) is 0 Å². The maximum atomic E-state index is 13.4. The summed E-state index contributed by atoms with van der Waals surface area (Å²) in [5, 5.41) is 2.73. The molecule has 0 aromatic heterocycles. The van der Waals surface area contributed by atoms with Gasteiger partial charge in [-0.25, -0.2) is 4.39 Å². The summed E-state index contributed by atoms with van der Waals surface area (Å²) in [6.45, 7) is 1.81. The highest BCUT2D eigenvalue weighted by molar-refractivity contribution is 9.10. The van der Waals surface area contributed by atoms with E-state index in [2.05, 4.69) is 21.2 Å². The molecule has 0 unspecified atom stereocenters. The Balaban J connectivity index is 2.22. The minimum Gasteiger partial charge on any atom is -0.378 e. The molecule has 110 valence electrons. The van der Waals surface area contributed by atoms with Crippen molar-refractivity contribution in [3.63, 3.8) is 0 Å². The Kier molecular flexibility index (Phi) is 4.63. The van der Waals surface area contributed by atoms with Crippen LogP contribution in [0, 0.1) is 12.7 Å². The number of rotatable bonds is 3. The van der Waals surface area contributed by atoms with Crippen LogP contribution in [0.4, 0.5) is 15.8 Å². The molecule has 2 aromatic carbocycles. The highest BCUT2D eigenvalue weighted by Gasteiger charge is 2.11. The van der Waals surface area contributed by atoms with Gasteiger partial charge in [-0.1, -0.05) is 15.9 Å². The zero-order valence-electron chi connectivity index (χ0n) is 12.1. The summed E-state index contributed by atoms with van der Waals surface area (Å²) < 4.78 is 14.0. The number of benzene rings is 2. The van der Waals surface area contributed by atoms with E-state index in [1.165, 1.54) is 12.1 Å². The van der Waals surface area contributed by atoms with E-state index in [1.54, 1.807) is 12.1 Å². The molecule has 3 nitrogen and oxygen atoms in total. The lowest BCUT2D eigenvalue weighted by atomic mass is 10.1. The van der Waals surface area contributed by atoms with Crippen molar-refractivity contribution in [1.29, 1.82) is 0 Å². The Bertz CT molecular complexity index is 669. The van der Waals surface area contributed by atoms with Crippen molar-refractivity contribution in [2.24, 2.45) is 0 Å². The highest BCUT2D eigenvalue weighted by Crippen LogP contribution is 2.26. The van der Waals surface area contributed by atoms with Crippen molar-refractivity contribution in [2.75, 3.05) is 24.3 Å². The van der Waals surface area contributed by atoms with Crippen LogP contribution in [-0.4, -0.2) is 20.0 Å². The number of carbonyl (C=O) groups is 1. The molecule has 0 fully saturated rings. The molecule has 0 aliphatic heterocycles. The van der Waals surface area contributed by atoms with E-state index in [-0.39, 0.29) is 5.91 Å². The second kappa shape index (κ2) is 6.26. The summed E-state index contributed by atoms with van der Waals surface area (Å²) in [7, 11) is 3.87. The van der Waals surface area contributed by atoms with Crippen LogP contribution in [0.2, 0.25) is 0 Å². The molecule has 0 atom stereocenters. The Morgan fingerprint density at radius 2 is 1.81 bits per heavy atom. The smallest absolute Gasteiger partial charge is 0.255 e. The summed E-state index contributed by atoms with van der Waals surface area (Å²) in [6.07, 6.45) is 0. The van der Waals surface area contributed by atoms with Crippen molar-refractivity contribution >= 4 is 33.2 Å². The third-order valence-electron chi connectivity index (χ3n) is 3.20. The highest BCUT2D eigenvalue weighted by atomic mass is 79.9. The van der Waals surface area contributed by atoms with Crippen LogP contribution >= 0.6 is 15.9 Å². The molecule has 2 aromatic rings. The lowest BCUT2D eigenvalue weighted by Gasteiger charge is -2.13. The van der Waals surface area contributed by atoms with Crippen molar-refractivity contribution in [3.05, 3.63) is 57.8 Å². The Morgan fingerprint density at radius 3 is 2.38 bits per heavy atom. The summed E-state index contributed by atoms with van der Waals surface area (Å²) in [6, 6.07) is 9.90. The van der Waals surface area contributed by atoms with Gasteiger partial charge in [-0.2, -0.15) is 0 Å². The minimum atomic E-state index is -0.397. The second-order valence-electron chi connectivity index (χ2n) is 4.96. The third kappa shape index (κ3) is 3.61. The predicted octanol–water partition coefficient (Wildman–Crippen LogP) is 4.21. The third-order valence-corrected chi connectivity index (χ3v) is 4.03. The Labute approximate surface area is 131 Å². The lowest BCUT2D eigenvalue weighted by molar-refractivity contribution is 0.102. The van der Waals surface area contributed by atoms with Crippen molar-refractivity contribution < 1.29 is 9.18 Å². The number of carbonyl (C=O) groups excluding carboxylic acids is 1. The van der Waals surface area contributed by atoms with Crippen LogP contribution in [0.25, 0.3) is 0 Å². The van der Waals surface area contributed by atoms with Gasteiger partial charge in [0.05, 0.1) is 0 Å². The van der Waals surface area contributed by atoms with Crippen LogP contribution in [0.3, 0.4) is 0 Å². The summed E-state index contributed by atoms with van der Waals surface area (Å²) >= 11 is 3.27. The molecule has 0 spiro atoms. The maximum Gasteiger partial charge on any atom is 0.255 e. The molecule has 0 aliphatic carbocycles. The van der Waals surface area contributed by atoms with Crippen molar-refractivity contribution in [2.45, 2.75) is 6.92 Å². The van der Waals surface area contributed by atoms with Gasteiger partial charge < -0.3 is 10.2 Å². The molecular weight excluding hydrogens is 335 g/mol. The SMILES string of the molecule is Cc1c(Br)cc(F)cc1NC(=O)c1ccc(N(C)C)cc1. The van der Waals surface area contributed by atoms with Crippen LogP contribution in [-0.2, 0) is 0 Å². The standard InChI is InChI=1S/C16H16BrFN2O/c1-10-14(17)8-12(18)9-15(10)19-16(21)11-4-6-13(7-5-11)20(2)3/h4-9H,1-3H3,(H,19,21). The fraction of sp³-hybridized carbons (Fsp3) is 0.188. The Hall–Kier alpha value is -1.88. The molecule has 1 N–H and O–H groups in total. The number of halogens is 2. The first-order valence-corrected chi connectivity index (χ1v) is 7.22. The number of amides is 1. The fourth-order valence-electron chi connectivity index (χ4n) is 1.88. The zero-order valence-corrected chi connectivity index (χ0v) is 13.7. The molecular formula is C16H16BrFN2O. The number of nitrogens with one attached hydrogen (secondary N) is 1. The van der Waals surface area contributed by atoms with Gasteiger partial charge in [-0.15, -0.1) is 0 Å². The first-order valence-electron chi connectivity index (χ1n) is 6.43. The number of anilines is 2.